The molecule has 0 radical (unpaired) electrons. The van der Waals surface area contributed by atoms with Crippen molar-refractivity contribution in [1.29, 1.82) is 0 Å². The first-order valence-electron chi connectivity index (χ1n) is 5.30. The van der Waals surface area contributed by atoms with Gasteiger partial charge in [0.2, 0.25) is 0 Å². The molecule has 0 aromatic heterocycles. The summed E-state index contributed by atoms with van der Waals surface area (Å²) in [6.45, 7) is 4.76. The van der Waals surface area contributed by atoms with Crippen LogP contribution in [0.1, 0.15) is 20.3 Å². The summed E-state index contributed by atoms with van der Waals surface area (Å²) >= 11 is 0. The first-order chi connectivity index (χ1) is 7.27. The number of para-hydroxylation sites is 2. The Labute approximate surface area is 90.6 Å². The number of rotatable bonds is 6. The van der Waals surface area contributed by atoms with Gasteiger partial charge in [0.25, 0.3) is 0 Å². The average molecular weight is 210 g/mol. The Bertz CT molecular complexity index is 286. The van der Waals surface area contributed by atoms with E-state index in [1.165, 1.54) is 0 Å². The first-order valence-corrected chi connectivity index (χ1v) is 5.30. The van der Waals surface area contributed by atoms with Crippen LogP contribution in [0.15, 0.2) is 24.3 Å². The third-order valence-corrected chi connectivity index (χ3v) is 2.05. The van der Waals surface area contributed by atoms with Crippen molar-refractivity contribution in [3.05, 3.63) is 24.3 Å². The van der Waals surface area contributed by atoms with Gasteiger partial charge in [-0.3, -0.25) is 0 Å². The SMILES string of the molecule is CCOc1ccccc1OCC(O)CC. The van der Waals surface area contributed by atoms with Crippen LogP contribution in [0.25, 0.3) is 0 Å². The van der Waals surface area contributed by atoms with E-state index in [2.05, 4.69) is 0 Å². The molecule has 1 atom stereocenters. The highest BCUT2D eigenvalue weighted by molar-refractivity contribution is 5.39. The van der Waals surface area contributed by atoms with Crippen molar-refractivity contribution < 1.29 is 14.6 Å². The Morgan fingerprint density at radius 3 is 2.27 bits per heavy atom. The van der Waals surface area contributed by atoms with Crippen LogP contribution in [0.3, 0.4) is 0 Å². The van der Waals surface area contributed by atoms with E-state index in [0.29, 0.717) is 25.4 Å². The monoisotopic (exact) mass is 210 g/mol. The molecule has 1 aromatic carbocycles. The molecule has 84 valence electrons. The molecular weight excluding hydrogens is 192 g/mol. The van der Waals surface area contributed by atoms with Gasteiger partial charge in [-0.1, -0.05) is 19.1 Å². The van der Waals surface area contributed by atoms with E-state index < -0.39 is 6.10 Å². The van der Waals surface area contributed by atoms with E-state index in [-0.39, 0.29) is 0 Å². The zero-order valence-corrected chi connectivity index (χ0v) is 9.27. The molecule has 0 saturated carbocycles. The molecule has 0 aliphatic carbocycles. The van der Waals surface area contributed by atoms with Gasteiger partial charge in [-0.25, -0.2) is 0 Å². The molecule has 1 unspecified atom stereocenters. The highest BCUT2D eigenvalue weighted by Crippen LogP contribution is 2.26. The maximum Gasteiger partial charge on any atom is 0.161 e. The minimum Gasteiger partial charge on any atom is -0.490 e. The van der Waals surface area contributed by atoms with Gasteiger partial charge in [0.1, 0.15) is 6.61 Å². The van der Waals surface area contributed by atoms with Crippen LogP contribution in [0.2, 0.25) is 0 Å². The van der Waals surface area contributed by atoms with Gasteiger partial charge in [0.15, 0.2) is 11.5 Å². The Kier molecular flexibility index (Phi) is 4.98. The summed E-state index contributed by atoms with van der Waals surface area (Å²) in [4.78, 5) is 0. The number of ether oxygens (including phenoxy) is 2. The molecule has 3 nitrogen and oxygen atoms in total. The number of aliphatic hydroxyl groups is 1. The summed E-state index contributed by atoms with van der Waals surface area (Å²) < 4.78 is 10.9. The molecular formula is C12H18O3. The summed E-state index contributed by atoms with van der Waals surface area (Å²) in [5, 5.41) is 9.37. The van der Waals surface area contributed by atoms with Gasteiger partial charge in [-0.2, -0.15) is 0 Å². The van der Waals surface area contributed by atoms with Gasteiger partial charge >= 0.3 is 0 Å². The topological polar surface area (TPSA) is 38.7 Å². The van der Waals surface area contributed by atoms with Crippen molar-refractivity contribution in [1.82, 2.24) is 0 Å². The fourth-order valence-corrected chi connectivity index (χ4v) is 1.15. The van der Waals surface area contributed by atoms with Crippen LogP contribution < -0.4 is 9.47 Å². The second-order valence-corrected chi connectivity index (χ2v) is 3.25. The molecule has 0 heterocycles. The predicted octanol–water partition coefficient (Wildman–Crippen LogP) is 2.24. The Balaban J connectivity index is 2.58. The molecule has 0 saturated heterocycles. The van der Waals surface area contributed by atoms with Gasteiger partial charge in [-0.15, -0.1) is 0 Å². The zero-order valence-electron chi connectivity index (χ0n) is 9.27. The molecule has 0 spiro atoms. The predicted molar refractivity (Wildman–Crippen MR) is 59.4 cm³/mol. The summed E-state index contributed by atoms with van der Waals surface area (Å²) in [5.41, 5.74) is 0. The lowest BCUT2D eigenvalue weighted by atomic mass is 10.3. The fraction of sp³-hybridized carbons (Fsp3) is 0.500. The molecule has 15 heavy (non-hydrogen) atoms. The van der Waals surface area contributed by atoms with E-state index in [1.54, 1.807) is 0 Å². The largest absolute Gasteiger partial charge is 0.490 e. The van der Waals surface area contributed by atoms with Crippen LogP contribution in [0.4, 0.5) is 0 Å². The minimum absolute atomic E-state index is 0.306. The third kappa shape index (κ3) is 3.80. The molecule has 1 rings (SSSR count). The zero-order chi connectivity index (χ0) is 11.1. The Morgan fingerprint density at radius 2 is 1.73 bits per heavy atom. The second kappa shape index (κ2) is 6.30. The van der Waals surface area contributed by atoms with E-state index in [0.717, 1.165) is 5.75 Å². The summed E-state index contributed by atoms with van der Waals surface area (Å²) in [7, 11) is 0. The van der Waals surface area contributed by atoms with Crippen molar-refractivity contribution in [2.75, 3.05) is 13.2 Å². The van der Waals surface area contributed by atoms with E-state index in [4.69, 9.17) is 9.47 Å². The summed E-state index contributed by atoms with van der Waals surface area (Å²) in [6, 6.07) is 7.48. The Hall–Kier alpha value is -1.22. The highest BCUT2D eigenvalue weighted by atomic mass is 16.5. The lowest BCUT2D eigenvalue weighted by Crippen LogP contribution is -2.16. The summed E-state index contributed by atoms with van der Waals surface area (Å²) in [6.07, 6.45) is 0.274. The van der Waals surface area contributed by atoms with Crippen molar-refractivity contribution in [3.8, 4) is 11.5 Å². The molecule has 1 aromatic rings. The lowest BCUT2D eigenvalue weighted by molar-refractivity contribution is 0.102. The fourth-order valence-electron chi connectivity index (χ4n) is 1.15. The third-order valence-electron chi connectivity index (χ3n) is 2.05. The molecule has 0 aliphatic rings. The molecule has 1 N–H and O–H groups in total. The molecule has 0 aliphatic heterocycles. The maximum atomic E-state index is 9.37. The summed E-state index contributed by atoms with van der Waals surface area (Å²) in [5.74, 6) is 1.41. The number of hydrogen-bond acceptors (Lipinski definition) is 3. The van der Waals surface area contributed by atoms with Crippen LogP contribution in [-0.2, 0) is 0 Å². The van der Waals surface area contributed by atoms with Crippen molar-refractivity contribution in [2.24, 2.45) is 0 Å². The highest BCUT2D eigenvalue weighted by Gasteiger charge is 2.06. The second-order valence-electron chi connectivity index (χ2n) is 3.25. The van der Waals surface area contributed by atoms with Crippen LogP contribution in [0.5, 0.6) is 11.5 Å². The quantitative estimate of drug-likeness (QED) is 0.782. The Morgan fingerprint density at radius 1 is 1.13 bits per heavy atom. The normalized spacial score (nSPS) is 12.2. The minimum atomic E-state index is -0.417. The van der Waals surface area contributed by atoms with Crippen LogP contribution in [-0.4, -0.2) is 24.4 Å². The first kappa shape index (κ1) is 11.9. The van der Waals surface area contributed by atoms with Gasteiger partial charge in [-0.05, 0) is 25.5 Å². The van der Waals surface area contributed by atoms with Crippen molar-refractivity contribution >= 4 is 0 Å². The van der Waals surface area contributed by atoms with Gasteiger partial charge in [0.05, 0.1) is 12.7 Å². The van der Waals surface area contributed by atoms with Crippen LogP contribution in [0, 0.1) is 0 Å². The van der Waals surface area contributed by atoms with Crippen molar-refractivity contribution in [2.45, 2.75) is 26.4 Å². The number of hydrogen-bond donors (Lipinski definition) is 1. The smallest absolute Gasteiger partial charge is 0.161 e. The maximum absolute atomic E-state index is 9.37. The van der Waals surface area contributed by atoms with Crippen molar-refractivity contribution in [3.63, 3.8) is 0 Å². The van der Waals surface area contributed by atoms with E-state index >= 15 is 0 Å². The van der Waals surface area contributed by atoms with Crippen LogP contribution >= 0.6 is 0 Å². The molecule has 3 heteroatoms. The van der Waals surface area contributed by atoms with E-state index in [9.17, 15) is 5.11 Å². The van der Waals surface area contributed by atoms with Gasteiger partial charge in [0, 0.05) is 0 Å². The van der Waals surface area contributed by atoms with E-state index in [1.807, 2.05) is 38.1 Å². The number of aliphatic hydroxyl groups excluding tert-OH is 1. The number of benzene rings is 1. The average Bonchev–Trinajstić information content (AvgIpc) is 2.28. The molecule has 0 amide bonds. The standard InChI is InChI=1S/C12H18O3/c1-3-10(13)9-15-12-8-6-5-7-11(12)14-4-2/h5-8,10,13H,3-4,9H2,1-2H3. The molecule has 0 fully saturated rings. The lowest BCUT2D eigenvalue weighted by Gasteiger charge is -2.13. The molecule has 0 bridgehead atoms. The van der Waals surface area contributed by atoms with Gasteiger partial charge < -0.3 is 14.6 Å².